The van der Waals surface area contributed by atoms with E-state index in [0.717, 1.165) is 18.2 Å². The molecule has 1 heterocycles. The zero-order valence-electron chi connectivity index (χ0n) is 13.1. The summed E-state index contributed by atoms with van der Waals surface area (Å²) in [4.78, 5) is 2.21. The molecule has 1 rings (SSSR count). The number of nitrogens with one attached hydrogen (secondary N) is 1. The van der Waals surface area contributed by atoms with Crippen LogP contribution in [0.15, 0.2) is 22.8 Å². The molecule has 1 aromatic heterocycles. The van der Waals surface area contributed by atoms with Gasteiger partial charge in [-0.15, -0.1) is 0 Å². The molecule has 110 valence electrons. The van der Waals surface area contributed by atoms with Crippen molar-refractivity contribution < 1.29 is 4.42 Å². The van der Waals surface area contributed by atoms with Gasteiger partial charge in [0.2, 0.25) is 0 Å². The molecule has 0 aliphatic rings. The molecule has 0 saturated carbocycles. The van der Waals surface area contributed by atoms with Crippen molar-refractivity contribution in [3.8, 4) is 0 Å². The van der Waals surface area contributed by atoms with Crippen LogP contribution in [0.3, 0.4) is 0 Å². The molecule has 0 aliphatic carbocycles. The zero-order valence-corrected chi connectivity index (χ0v) is 13.1. The zero-order chi connectivity index (χ0) is 14.3. The highest BCUT2D eigenvalue weighted by Crippen LogP contribution is 2.19. The van der Waals surface area contributed by atoms with Crippen LogP contribution < -0.4 is 5.32 Å². The summed E-state index contributed by atoms with van der Waals surface area (Å²) >= 11 is 0. The Morgan fingerprint density at radius 1 is 1.26 bits per heavy atom. The lowest BCUT2D eigenvalue weighted by molar-refractivity contribution is 0.237. The second-order valence-electron chi connectivity index (χ2n) is 5.76. The van der Waals surface area contributed by atoms with Gasteiger partial charge in [0.05, 0.1) is 12.3 Å². The summed E-state index contributed by atoms with van der Waals surface area (Å²) in [6, 6.07) is 4.93. The summed E-state index contributed by atoms with van der Waals surface area (Å²) in [5, 5.41) is 3.70. The lowest BCUT2D eigenvalue weighted by atomic mass is 9.97. The minimum Gasteiger partial charge on any atom is -0.468 e. The molecule has 3 heteroatoms. The monoisotopic (exact) mass is 266 g/mol. The van der Waals surface area contributed by atoms with Crippen LogP contribution in [0, 0.1) is 5.92 Å². The minimum absolute atomic E-state index is 0.306. The molecule has 19 heavy (non-hydrogen) atoms. The molecule has 0 amide bonds. The van der Waals surface area contributed by atoms with E-state index in [9.17, 15) is 0 Å². The third-order valence-corrected chi connectivity index (χ3v) is 3.97. The van der Waals surface area contributed by atoms with Crippen LogP contribution in [0.4, 0.5) is 0 Å². The Hall–Kier alpha value is -0.800. The predicted molar refractivity (Wildman–Crippen MR) is 81.3 cm³/mol. The second-order valence-corrected chi connectivity index (χ2v) is 5.76. The molecule has 0 fully saturated rings. The van der Waals surface area contributed by atoms with Crippen molar-refractivity contribution in [2.24, 2.45) is 5.92 Å². The molecule has 3 nitrogen and oxygen atoms in total. The average Bonchev–Trinajstić information content (AvgIpc) is 2.90. The first kappa shape index (κ1) is 16.3. The molecular weight excluding hydrogens is 236 g/mol. The molecule has 1 N–H and O–H groups in total. The quantitative estimate of drug-likeness (QED) is 0.739. The fourth-order valence-electron chi connectivity index (χ4n) is 2.34. The number of hydrogen-bond acceptors (Lipinski definition) is 3. The van der Waals surface area contributed by atoms with E-state index in [2.05, 4.69) is 51.1 Å². The maximum atomic E-state index is 5.54. The topological polar surface area (TPSA) is 28.4 Å². The summed E-state index contributed by atoms with van der Waals surface area (Å²) in [5.41, 5.74) is 0. The van der Waals surface area contributed by atoms with Gasteiger partial charge in [0.15, 0.2) is 0 Å². The van der Waals surface area contributed by atoms with Crippen LogP contribution in [0.1, 0.15) is 51.8 Å². The van der Waals surface area contributed by atoms with E-state index in [0.29, 0.717) is 12.1 Å². The average molecular weight is 266 g/mol. The van der Waals surface area contributed by atoms with Gasteiger partial charge in [-0.1, -0.05) is 27.2 Å². The van der Waals surface area contributed by atoms with Crippen molar-refractivity contribution in [3.05, 3.63) is 24.2 Å². The highest BCUT2D eigenvalue weighted by atomic mass is 16.3. The Balaban J connectivity index is 2.51. The van der Waals surface area contributed by atoms with Gasteiger partial charge in [0, 0.05) is 12.6 Å². The summed E-state index contributed by atoms with van der Waals surface area (Å²) < 4.78 is 5.54. The largest absolute Gasteiger partial charge is 0.468 e. The maximum Gasteiger partial charge on any atom is 0.122 e. The summed E-state index contributed by atoms with van der Waals surface area (Å²) in [7, 11) is 4.20. The fourth-order valence-corrected chi connectivity index (χ4v) is 2.34. The van der Waals surface area contributed by atoms with Gasteiger partial charge in [-0.25, -0.2) is 0 Å². The molecule has 0 aliphatic heterocycles. The van der Waals surface area contributed by atoms with Gasteiger partial charge >= 0.3 is 0 Å². The Morgan fingerprint density at radius 2 is 2.00 bits per heavy atom. The van der Waals surface area contributed by atoms with Gasteiger partial charge < -0.3 is 9.73 Å². The molecular formula is C16H30N2O. The maximum absolute atomic E-state index is 5.54. The van der Waals surface area contributed by atoms with Crippen LogP contribution in [-0.2, 0) is 0 Å². The van der Waals surface area contributed by atoms with Crippen LogP contribution in [0.25, 0.3) is 0 Å². The van der Waals surface area contributed by atoms with Gasteiger partial charge in [0.25, 0.3) is 0 Å². The highest BCUT2D eigenvalue weighted by molar-refractivity contribution is 5.05. The third kappa shape index (κ3) is 5.37. The SMILES string of the molecule is CCC(C)CC(CC)NCC(c1ccco1)N(C)C. The number of hydrogen-bond donors (Lipinski definition) is 1. The van der Waals surface area contributed by atoms with E-state index in [1.165, 1.54) is 19.3 Å². The minimum atomic E-state index is 0.306. The molecule has 3 unspecified atom stereocenters. The number of furan rings is 1. The normalized spacial score (nSPS) is 16.5. The van der Waals surface area contributed by atoms with E-state index >= 15 is 0 Å². The molecule has 3 atom stereocenters. The summed E-state index contributed by atoms with van der Waals surface area (Å²) in [6.07, 6.45) is 5.45. The summed E-state index contributed by atoms with van der Waals surface area (Å²) in [5.74, 6) is 1.83. The third-order valence-electron chi connectivity index (χ3n) is 3.97. The number of rotatable bonds is 9. The highest BCUT2D eigenvalue weighted by Gasteiger charge is 2.18. The van der Waals surface area contributed by atoms with Crippen LogP contribution in [0.5, 0.6) is 0 Å². The van der Waals surface area contributed by atoms with Gasteiger partial charge in [-0.2, -0.15) is 0 Å². The first-order valence-electron chi connectivity index (χ1n) is 7.51. The second kappa shape index (κ2) is 8.39. The van der Waals surface area contributed by atoms with Crippen LogP contribution in [0.2, 0.25) is 0 Å². The number of nitrogens with zero attached hydrogens (tertiary/aromatic N) is 1. The molecule has 0 bridgehead atoms. The van der Waals surface area contributed by atoms with Crippen molar-refractivity contribution >= 4 is 0 Å². The van der Waals surface area contributed by atoms with Crippen molar-refractivity contribution in [2.75, 3.05) is 20.6 Å². The van der Waals surface area contributed by atoms with E-state index in [1.807, 2.05) is 6.07 Å². The Kier molecular flexibility index (Phi) is 7.17. The van der Waals surface area contributed by atoms with E-state index in [4.69, 9.17) is 4.42 Å². The Bertz CT molecular complexity index is 321. The molecule has 0 saturated heterocycles. The fraction of sp³-hybridized carbons (Fsp3) is 0.750. The van der Waals surface area contributed by atoms with Crippen molar-refractivity contribution in [1.29, 1.82) is 0 Å². The molecule has 0 aromatic carbocycles. The Morgan fingerprint density at radius 3 is 2.47 bits per heavy atom. The first-order chi connectivity index (χ1) is 9.08. The number of likely N-dealkylation sites (N-methyl/N-ethyl adjacent to an activating group) is 1. The van der Waals surface area contributed by atoms with E-state index < -0.39 is 0 Å². The van der Waals surface area contributed by atoms with Gasteiger partial charge in [0.1, 0.15) is 5.76 Å². The lowest BCUT2D eigenvalue weighted by Gasteiger charge is -2.27. The van der Waals surface area contributed by atoms with E-state index in [1.54, 1.807) is 6.26 Å². The smallest absolute Gasteiger partial charge is 0.122 e. The molecule has 1 aromatic rings. The predicted octanol–water partition coefficient (Wildman–Crippen LogP) is 3.69. The Labute approximate surface area is 118 Å². The van der Waals surface area contributed by atoms with Crippen molar-refractivity contribution in [3.63, 3.8) is 0 Å². The molecule has 0 radical (unpaired) electrons. The van der Waals surface area contributed by atoms with E-state index in [-0.39, 0.29) is 0 Å². The van der Waals surface area contributed by atoms with Crippen LogP contribution >= 0.6 is 0 Å². The van der Waals surface area contributed by atoms with Crippen molar-refractivity contribution in [2.45, 2.75) is 52.1 Å². The van der Waals surface area contributed by atoms with Crippen LogP contribution in [-0.4, -0.2) is 31.6 Å². The summed E-state index contributed by atoms with van der Waals surface area (Å²) in [6.45, 7) is 7.80. The van der Waals surface area contributed by atoms with Crippen molar-refractivity contribution in [1.82, 2.24) is 10.2 Å². The van der Waals surface area contributed by atoms with Gasteiger partial charge in [-0.05, 0) is 45.0 Å². The standard InChI is InChI=1S/C16H30N2O/c1-6-13(3)11-14(7-2)17-12-15(18(4)5)16-9-8-10-19-16/h8-10,13-15,17H,6-7,11-12H2,1-5H3. The first-order valence-corrected chi connectivity index (χ1v) is 7.51. The van der Waals surface area contributed by atoms with Gasteiger partial charge in [-0.3, -0.25) is 4.90 Å². The molecule has 0 spiro atoms. The lowest BCUT2D eigenvalue weighted by Crippen LogP contribution is -2.37.